The SMILES string of the molecule is CCCCNC(=O)OCCNC(CN)Cc1ccccc1.Cl.Cl. The summed E-state index contributed by atoms with van der Waals surface area (Å²) in [5.41, 5.74) is 7.01. The van der Waals surface area contributed by atoms with Crippen molar-refractivity contribution in [2.45, 2.75) is 32.2 Å². The third kappa shape index (κ3) is 12.1. The maximum Gasteiger partial charge on any atom is 0.407 e. The molecule has 0 saturated carbocycles. The van der Waals surface area contributed by atoms with Gasteiger partial charge in [0, 0.05) is 25.7 Å². The topological polar surface area (TPSA) is 76.4 Å². The predicted molar refractivity (Wildman–Crippen MR) is 99.7 cm³/mol. The van der Waals surface area contributed by atoms with Crippen molar-refractivity contribution in [1.29, 1.82) is 0 Å². The van der Waals surface area contributed by atoms with Crippen LogP contribution in [0.4, 0.5) is 4.79 Å². The zero-order valence-electron chi connectivity index (χ0n) is 13.6. The van der Waals surface area contributed by atoms with E-state index in [0.717, 1.165) is 19.3 Å². The second-order valence-electron chi connectivity index (χ2n) is 4.99. The number of rotatable bonds is 10. The van der Waals surface area contributed by atoms with Crippen LogP contribution in [0.25, 0.3) is 0 Å². The molecule has 0 aromatic heterocycles. The highest BCUT2D eigenvalue weighted by atomic mass is 35.5. The van der Waals surface area contributed by atoms with Crippen LogP contribution in [0, 0.1) is 0 Å². The lowest BCUT2D eigenvalue weighted by molar-refractivity contribution is 0.145. The minimum Gasteiger partial charge on any atom is -0.448 e. The molecule has 0 fully saturated rings. The molecular formula is C16H29Cl2N3O2. The third-order valence-electron chi connectivity index (χ3n) is 3.18. The van der Waals surface area contributed by atoms with Crippen LogP contribution < -0.4 is 16.4 Å². The van der Waals surface area contributed by atoms with Gasteiger partial charge in [0.05, 0.1) is 0 Å². The van der Waals surface area contributed by atoms with E-state index in [-0.39, 0.29) is 36.9 Å². The van der Waals surface area contributed by atoms with Crippen LogP contribution in [0.15, 0.2) is 30.3 Å². The standard InChI is InChI=1S/C16H27N3O2.2ClH/c1-2-3-9-19-16(20)21-11-10-18-15(13-17)12-14-7-5-4-6-8-14;;/h4-8,15,18H,2-3,9-13,17H2,1H3,(H,19,20);2*1H. The molecule has 1 aromatic carbocycles. The summed E-state index contributed by atoms with van der Waals surface area (Å²) in [7, 11) is 0. The number of hydrogen-bond acceptors (Lipinski definition) is 4. The molecule has 23 heavy (non-hydrogen) atoms. The van der Waals surface area contributed by atoms with Gasteiger partial charge in [0.1, 0.15) is 6.61 Å². The number of amides is 1. The maximum atomic E-state index is 11.3. The van der Waals surface area contributed by atoms with E-state index in [0.29, 0.717) is 26.2 Å². The van der Waals surface area contributed by atoms with Crippen molar-refractivity contribution >= 4 is 30.9 Å². The van der Waals surface area contributed by atoms with Crippen LogP contribution in [0.3, 0.4) is 0 Å². The van der Waals surface area contributed by atoms with Crippen LogP contribution in [-0.2, 0) is 11.2 Å². The van der Waals surface area contributed by atoms with Gasteiger partial charge in [-0.25, -0.2) is 4.79 Å². The molecule has 1 amide bonds. The van der Waals surface area contributed by atoms with E-state index >= 15 is 0 Å². The molecule has 1 aromatic rings. The number of hydrogen-bond donors (Lipinski definition) is 3. The molecule has 0 saturated heterocycles. The number of unbranched alkanes of at least 4 members (excludes halogenated alkanes) is 1. The lowest BCUT2D eigenvalue weighted by Crippen LogP contribution is -2.40. The molecule has 0 aliphatic heterocycles. The van der Waals surface area contributed by atoms with E-state index in [4.69, 9.17) is 10.5 Å². The van der Waals surface area contributed by atoms with Crippen molar-refractivity contribution in [3.8, 4) is 0 Å². The number of carbonyl (C=O) groups is 1. The summed E-state index contributed by atoms with van der Waals surface area (Å²) in [5.74, 6) is 0. The van der Waals surface area contributed by atoms with Gasteiger partial charge < -0.3 is 21.1 Å². The zero-order chi connectivity index (χ0) is 15.3. The molecule has 0 heterocycles. The molecule has 0 aliphatic carbocycles. The molecule has 1 atom stereocenters. The Bertz CT molecular complexity index is 394. The number of nitrogens with one attached hydrogen (secondary N) is 2. The first-order valence-corrected chi connectivity index (χ1v) is 7.64. The average Bonchev–Trinajstić information content (AvgIpc) is 2.51. The summed E-state index contributed by atoms with van der Waals surface area (Å²) in [4.78, 5) is 11.3. The van der Waals surface area contributed by atoms with Gasteiger partial charge in [-0.2, -0.15) is 0 Å². The monoisotopic (exact) mass is 365 g/mol. The normalized spacial score (nSPS) is 10.9. The van der Waals surface area contributed by atoms with E-state index in [1.165, 1.54) is 5.56 Å². The van der Waals surface area contributed by atoms with Gasteiger partial charge in [-0.05, 0) is 18.4 Å². The number of ether oxygens (including phenoxy) is 1. The molecule has 0 spiro atoms. The molecule has 0 radical (unpaired) electrons. The Labute approximate surface area is 151 Å². The van der Waals surface area contributed by atoms with Crippen LogP contribution in [0.5, 0.6) is 0 Å². The van der Waals surface area contributed by atoms with Gasteiger partial charge in [0.25, 0.3) is 0 Å². The molecule has 0 aliphatic rings. The summed E-state index contributed by atoms with van der Waals surface area (Å²) in [6, 6.07) is 10.4. The van der Waals surface area contributed by atoms with Gasteiger partial charge in [-0.1, -0.05) is 43.7 Å². The Morgan fingerprint density at radius 3 is 2.52 bits per heavy atom. The quantitative estimate of drug-likeness (QED) is 0.556. The van der Waals surface area contributed by atoms with Crippen molar-refractivity contribution in [3.05, 3.63) is 35.9 Å². The van der Waals surface area contributed by atoms with Crippen LogP contribution in [-0.4, -0.2) is 38.4 Å². The molecule has 134 valence electrons. The smallest absolute Gasteiger partial charge is 0.407 e. The average molecular weight is 366 g/mol. The number of carbonyl (C=O) groups excluding carboxylic acids is 1. The van der Waals surface area contributed by atoms with Gasteiger partial charge >= 0.3 is 6.09 Å². The molecule has 1 rings (SSSR count). The number of benzene rings is 1. The zero-order valence-corrected chi connectivity index (χ0v) is 15.3. The van der Waals surface area contributed by atoms with E-state index < -0.39 is 0 Å². The first-order valence-electron chi connectivity index (χ1n) is 7.64. The van der Waals surface area contributed by atoms with Crippen LogP contribution in [0.1, 0.15) is 25.3 Å². The molecule has 5 nitrogen and oxygen atoms in total. The highest BCUT2D eigenvalue weighted by molar-refractivity contribution is 5.85. The maximum absolute atomic E-state index is 11.3. The lowest BCUT2D eigenvalue weighted by atomic mass is 10.1. The summed E-state index contributed by atoms with van der Waals surface area (Å²) < 4.78 is 5.08. The Balaban J connectivity index is 0. The van der Waals surface area contributed by atoms with E-state index in [2.05, 4.69) is 29.7 Å². The van der Waals surface area contributed by atoms with E-state index in [1.54, 1.807) is 0 Å². The van der Waals surface area contributed by atoms with Gasteiger partial charge in [-0.3, -0.25) is 0 Å². The number of alkyl carbamates (subject to hydrolysis) is 1. The second kappa shape index (κ2) is 15.9. The Morgan fingerprint density at radius 2 is 1.91 bits per heavy atom. The highest BCUT2D eigenvalue weighted by Crippen LogP contribution is 2.02. The van der Waals surface area contributed by atoms with Crippen molar-refractivity contribution in [2.24, 2.45) is 5.73 Å². The number of nitrogens with two attached hydrogens (primary N) is 1. The van der Waals surface area contributed by atoms with Crippen LogP contribution >= 0.6 is 24.8 Å². The van der Waals surface area contributed by atoms with Crippen molar-refractivity contribution < 1.29 is 9.53 Å². The third-order valence-corrected chi connectivity index (χ3v) is 3.18. The Morgan fingerprint density at radius 1 is 1.22 bits per heavy atom. The summed E-state index contributed by atoms with van der Waals surface area (Å²) >= 11 is 0. The Hall–Kier alpha value is -1.01. The predicted octanol–water partition coefficient (Wildman–Crippen LogP) is 2.52. The first kappa shape index (κ1) is 24.2. The van der Waals surface area contributed by atoms with Crippen LogP contribution in [0.2, 0.25) is 0 Å². The summed E-state index contributed by atoms with van der Waals surface area (Å²) in [6.07, 6.45) is 2.55. The van der Waals surface area contributed by atoms with E-state index in [9.17, 15) is 4.79 Å². The Kier molecular flexibility index (Phi) is 16.7. The van der Waals surface area contributed by atoms with Gasteiger partial charge in [-0.15, -0.1) is 24.8 Å². The summed E-state index contributed by atoms with van der Waals surface area (Å²) in [5, 5.41) is 6.02. The van der Waals surface area contributed by atoms with Gasteiger partial charge in [0.2, 0.25) is 0 Å². The largest absolute Gasteiger partial charge is 0.448 e. The molecule has 1 unspecified atom stereocenters. The minimum atomic E-state index is -0.349. The lowest BCUT2D eigenvalue weighted by Gasteiger charge is -2.17. The molecular weight excluding hydrogens is 337 g/mol. The fraction of sp³-hybridized carbons (Fsp3) is 0.562. The van der Waals surface area contributed by atoms with Crippen molar-refractivity contribution in [2.75, 3.05) is 26.2 Å². The fourth-order valence-corrected chi connectivity index (χ4v) is 1.96. The van der Waals surface area contributed by atoms with Crippen molar-refractivity contribution in [1.82, 2.24) is 10.6 Å². The fourth-order valence-electron chi connectivity index (χ4n) is 1.96. The van der Waals surface area contributed by atoms with Crippen molar-refractivity contribution in [3.63, 3.8) is 0 Å². The highest BCUT2D eigenvalue weighted by Gasteiger charge is 2.07. The first-order chi connectivity index (χ1) is 10.3. The number of halogens is 2. The molecule has 0 bridgehead atoms. The summed E-state index contributed by atoms with van der Waals surface area (Å²) in [6.45, 7) is 4.26. The minimum absolute atomic E-state index is 0. The molecule has 4 N–H and O–H groups in total. The molecule has 7 heteroatoms. The van der Waals surface area contributed by atoms with E-state index in [1.807, 2.05) is 18.2 Å². The van der Waals surface area contributed by atoms with Gasteiger partial charge in [0.15, 0.2) is 0 Å². The second-order valence-corrected chi connectivity index (χ2v) is 4.99.